The van der Waals surface area contributed by atoms with E-state index in [0.29, 0.717) is 0 Å². The SMILES string of the molecule is Fc1ccc(-c2cc(-c3ccc(F)cc3)c(-n3c4ccccc4c4ccc5c6ccccc6oc5c43)c(C3CCCCC3)c2-n2c3ccccc3c3ccc4c5ccccc5oc4c32)cc1. The van der Waals surface area contributed by atoms with Gasteiger partial charge in [0, 0.05) is 59.8 Å². The lowest BCUT2D eigenvalue weighted by Gasteiger charge is -2.32. The van der Waals surface area contributed by atoms with Gasteiger partial charge >= 0.3 is 0 Å². The van der Waals surface area contributed by atoms with E-state index >= 15 is 8.78 Å². The second kappa shape index (κ2) is 14.3. The molecule has 6 heteroatoms. The Morgan fingerprint density at radius 3 is 1.27 bits per heavy atom. The van der Waals surface area contributed by atoms with E-state index in [-0.39, 0.29) is 17.6 Å². The fraction of sp³-hybridized carbons (Fsp3) is 0.100. The van der Waals surface area contributed by atoms with Crippen LogP contribution < -0.4 is 0 Å². The molecule has 0 radical (unpaired) electrons. The van der Waals surface area contributed by atoms with E-state index in [0.717, 1.165) is 153 Å². The van der Waals surface area contributed by atoms with E-state index in [2.05, 4.69) is 112 Å². The normalized spacial score (nSPS) is 13.8. The van der Waals surface area contributed by atoms with Crippen LogP contribution >= 0.6 is 0 Å². The Hall–Kier alpha value is -7.96. The summed E-state index contributed by atoms with van der Waals surface area (Å²) in [5.74, 6) is -0.492. The summed E-state index contributed by atoms with van der Waals surface area (Å²) >= 11 is 0. The molecule has 1 aliphatic rings. The zero-order chi connectivity index (χ0) is 43.6. The van der Waals surface area contributed by atoms with Gasteiger partial charge in [0.05, 0.1) is 33.4 Å². The summed E-state index contributed by atoms with van der Waals surface area (Å²) in [5, 5.41) is 8.60. The lowest BCUT2D eigenvalue weighted by atomic mass is 9.79. The van der Waals surface area contributed by atoms with Crippen LogP contribution in [0.5, 0.6) is 0 Å². The Kier molecular flexibility index (Phi) is 8.09. The Morgan fingerprint density at radius 1 is 0.394 bits per heavy atom. The van der Waals surface area contributed by atoms with Gasteiger partial charge in [0.2, 0.25) is 0 Å². The van der Waals surface area contributed by atoms with Gasteiger partial charge < -0.3 is 18.0 Å². The van der Waals surface area contributed by atoms with E-state index in [1.807, 2.05) is 48.5 Å². The minimum atomic E-state index is -0.302. The third-order valence-electron chi connectivity index (χ3n) is 14.4. The summed E-state index contributed by atoms with van der Waals surface area (Å²) in [5.41, 5.74) is 14.2. The first kappa shape index (κ1) is 37.4. The molecule has 0 unspecified atom stereocenters. The second-order valence-corrected chi connectivity index (χ2v) is 18.0. The number of halogens is 2. The monoisotopic (exact) mass is 858 g/mol. The van der Waals surface area contributed by atoms with Crippen LogP contribution in [0.15, 0.2) is 185 Å². The molecule has 0 amide bonds. The molecule has 1 aliphatic carbocycles. The third-order valence-corrected chi connectivity index (χ3v) is 14.4. The molecule has 14 rings (SSSR count). The first-order valence-electron chi connectivity index (χ1n) is 23.0. The van der Waals surface area contributed by atoms with E-state index in [9.17, 15) is 0 Å². The highest BCUT2D eigenvalue weighted by Crippen LogP contribution is 2.52. The maximum absolute atomic E-state index is 15.1. The van der Waals surface area contributed by atoms with Crippen LogP contribution in [-0.4, -0.2) is 9.13 Å². The van der Waals surface area contributed by atoms with Crippen LogP contribution in [-0.2, 0) is 0 Å². The van der Waals surface area contributed by atoms with Gasteiger partial charge in [0.1, 0.15) is 22.8 Å². The van der Waals surface area contributed by atoms with Crippen molar-refractivity contribution in [3.8, 4) is 33.6 Å². The first-order valence-corrected chi connectivity index (χ1v) is 23.0. The van der Waals surface area contributed by atoms with Crippen molar-refractivity contribution < 1.29 is 17.6 Å². The van der Waals surface area contributed by atoms with Gasteiger partial charge in [0.25, 0.3) is 0 Å². The molecule has 316 valence electrons. The van der Waals surface area contributed by atoms with E-state index < -0.39 is 0 Å². The smallest absolute Gasteiger partial charge is 0.160 e. The predicted molar refractivity (Wildman–Crippen MR) is 266 cm³/mol. The van der Waals surface area contributed by atoms with Crippen molar-refractivity contribution in [2.24, 2.45) is 0 Å². The number of aromatic nitrogens is 2. The molecule has 4 heterocycles. The highest BCUT2D eigenvalue weighted by molar-refractivity contribution is 6.24. The fourth-order valence-corrected chi connectivity index (χ4v) is 11.6. The second-order valence-electron chi connectivity index (χ2n) is 18.0. The quantitative estimate of drug-likeness (QED) is 0.173. The summed E-state index contributed by atoms with van der Waals surface area (Å²) in [7, 11) is 0. The van der Waals surface area contributed by atoms with E-state index in [1.54, 1.807) is 24.3 Å². The average molecular weight is 859 g/mol. The molecule has 66 heavy (non-hydrogen) atoms. The Labute approximate surface area is 377 Å². The number of para-hydroxylation sites is 4. The molecule has 13 aromatic rings. The molecule has 4 nitrogen and oxygen atoms in total. The molecule has 1 fully saturated rings. The average Bonchev–Trinajstić information content (AvgIpc) is 4.12. The molecule has 9 aromatic carbocycles. The number of fused-ring (bicyclic) bond motifs is 14. The van der Waals surface area contributed by atoms with Crippen LogP contribution in [0.4, 0.5) is 8.78 Å². The number of hydrogen-bond donors (Lipinski definition) is 0. The third kappa shape index (κ3) is 5.36. The number of nitrogens with zero attached hydrogens (tertiary/aromatic N) is 2. The lowest BCUT2D eigenvalue weighted by molar-refractivity contribution is 0.442. The van der Waals surface area contributed by atoms with Crippen molar-refractivity contribution in [3.05, 3.63) is 193 Å². The zero-order valence-corrected chi connectivity index (χ0v) is 35.8. The van der Waals surface area contributed by atoms with E-state index in [1.165, 1.54) is 5.56 Å². The Morgan fingerprint density at radius 2 is 0.803 bits per heavy atom. The molecule has 0 aliphatic heterocycles. The standard InChI is InChI=1S/C60H40F2N2O2/c61-38-26-22-35(23-27-38)48-34-49(36-24-28-39(62)29-25-36)56(64-51-19-9-5-15-41(51)45-31-33-47-43-17-7-11-21-53(43)66-60(47)58(45)64)54(37-12-2-1-3-13-37)55(48)63-50-18-8-4-14-40(50)44-30-32-46-42-16-6-10-20-52(42)65-59(46)57(44)63/h4-11,14-34,37H,1-3,12-13H2. The maximum Gasteiger partial charge on any atom is 0.160 e. The summed E-state index contributed by atoms with van der Waals surface area (Å²) < 4.78 is 49.1. The van der Waals surface area contributed by atoms with Gasteiger partial charge in [-0.3, -0.25) is 0 Å². The summed E-state index contributed by atoms with van der Waals surface area (Å²) in [6, 6.07) is 58.8. The van der Waals surface area contributed by atoms with Gasteiger partial charge in [0.15, 0.2) is 11.2 Å². The van der Waals surface area contributed by atoms with Crippen LogP contribution in [0.3, 0.4) is 0 Å². The number of hydrogen-bond acceptors (Lipinski definition) is 2. The van der Waals surface area contributed by atoms with Crippen molar-refractivity contribution in [2.45, 2.75) is 38.0 Å². The summed E-state index contributed by atoms with van der Waals surface area (Å²) in [4.78, 5) is 0. The molecule has 0 spiro atoms. The van der Waals surface area contributed by atoms with Crippen LogP contribution in [0.25, 0.3) is 121 Å². The number of benzene rings is 9. The van der Waals surface area contributed by atoms with Crippen molar-refractivity contribution in [3.63, 3.8) is 0 Å². The molecule has 0 saturated heterocycles. The van der Waals surface area contributed by atoms with Crippen molar-refractivity contribution in [1.29, 1.82) is 0 Å². The Bertz CT molecular complexity index is 3850. The number of furan rings is 2. The highest BCUT2D eigenvalue weighted by Gasteiger charge is 2.33. The minimum Gasteiger partial charge on any atom is -0.454 e. The predicted octanol–water partition coefficient (Wildman–Crippen LogP) is 17.3. The molecular formula is C60H40F2N2O2. The van der Waals surface area contributed by atoms with Crippen LogP contribution in [0.1, 0.15) is 43.6 Å². The molecule has 0 bridgehead atoms. The van der Waals surface area contributed by atoms with Crippen LogP contribution in [0, 0.1) is 11.6 Å². The molecule has 4 aromatic heterocycles. The van der Waals surface area contributed by atoms with Crippen molar-refractivity contribution in [1.82, 2.24) is 9.13 Å². The molecular weight excluding hydrogens is 819 g/mol. The Balaban J connectivity index is 1.27. The van der Waals surface area contributed by atoms with Gasteiger partial charge in [-0.05, 0) is 96.6 Å². The maximum atomic E-state index is 15.1. The molecule has 0 N–H and O–H groups in total. The molecule has 0 atom stereocenters. The van der Waals surface area contributed by atoms with Crippen LogP contribution in [0.2, 0.25) is 0 Å². The minimum absolute atomic E-state index is 0.112. The van der Waals surface area contributed by atoms with Gasteiger partial charge in [-0.25, -0.2) is 8.78 Å². The summed E-state index contributed by atoms with van der Waals surface area (Å²) in [6.07, 6.45) is 5.28. The summed E-state index contributed by atoms with van der Waals surface area (Å²) in [6.45, 7) is 0. The molecule has 1 saturated carbocycles. The largest absolute Gasteiger partial charge is 0.454 e. The first-order chi connectivity index (χ1) is 32.6. The fourth-order valence-electron chi connectivity index (χ4n) is 11.6. The number of rotatable bonds is 5. The highest BCUT2D eigenvalue weighted by atomic mass is 19.1. The van der Waals surface area contributed by atoms with Crippen molar-refractivity contribution in [2.75, 3.05) is 0 Å². The van der Waals surface area contributed by atoms with E-state index in [4.69, 9.17) is 8.83 Å². The topological polar surface area (TPSA) is 36.1 Å². The van der Waals surface area contributed by atoms with Gasteiger partial charge in [-0.15, -0.1) is 0 Å². The lowest BCUT2D eigenvalue weighted by Crippen LogP contribution is -2.16. The zero-order valence-electron chi connectivity index (χ0n) is 35.8. The van der Waals surface area contributed by atoms with Crippen molar-refractivity contribution >= 4 is 87.5 Å². The van der Waals surface area contributed by atoms with Gasteiger partial charge in [-0.1, -0.05) is 128 Å². The van der Waals surface area contributed by atoms with Gasteiger partial charge in [-0.2, -0.15) is 0 Å².